The molecule has 0 radical (unpaired) electrons. The molecule has 0 aliphatic heterocycles. The maximum atomic E-state index is 12.9. The van der Waals surface area contributed by atoms with Crippen LogP contribution >= 0.6 is 0 Å². The number of hydrogen-bond acceptors (Lipinski definition) is 5. The molecule has 1 unspecified atom stereocenters. The molecule has 0 heterocycles. The Hall–Kier alpha value is -2.92. The van der Waals surface area contributed by atoms with Crippen molar-refractivity contribution in [2.24, 2.45) is 0 Å². The summed E-state index contributed by atoms with van der Waals surface area (Å²) in [5.74, 6) is -0.408. The number of carbonyl (C=O) groups excluding carboxylic acids is 2. The number of hydrogen-bond donors (Lipinski definition) is 0. The van der Waals surface area contributed by atoms with Gasteiger partial charge in [-0.3, -0.25) is 9.59 Å². The molecule has 0 aromatic rings. The molecule has 0 rings (SSSR count). The highest BCUT2D eigenvalue weighted by atomic mass is 16.6. The molecule has 0 N–H and O–H groups in total. The van der Waals surface area contributed by atoms with Crippen LogP contribution in [-0.2, 0) is 23.8 Å². The van der Waals surface area contributed by atoms with E-state index in [0.717, 1.165) is 83.5 Å². The Balaban J connectivity index is 4.32. The normalized spacial score (nSPS) is 12.7. The van der Waals surface area contributed by atoms with Gasteiger partial charge in [0.25, 0.3) is 0 Å². The van der Waals surface area contributed by atoms with E-state index in [-0.39, 0.29) is 25.2 Å². The summed E-state index contributed by atoms with van der Waals surface area (Å²) >= 11 is 0. The van der Waals surface area contributed by atoms with Crippen LogP contribution in [0.15, 0.2) is 85.1 Å². The van der Waals surface area contributed by atoms with Gasteiger partial charge in [-0.1, -0.05) is 266 Å². The van der Waals surface area contributed by atoms with Crippen molar-refractivity contribution in [1.29, 1.82) is 0 Å². The average Bonchev–Trinajstić information content (AvgIpc) is 3.40. The van der Waals surface area contributed by atoms with Crippen LogP contribution in [0, 0.1) is 0 Å². The molecular weight excluding hydrogens is 909 g/mol. The molecule has 0 saturated heterocycles. The van der Waals surface area contributed by atoms with E-state index in [9.17, 15) is 9.59 Å². The van der Waals surface area contributed by atoms with Crippen molar-refractivity contribution in [2.45, 2.75) is 322 Å². The second-order valence-electron chi connectivity index (χ2n) is 21.3. The summed E-state index contributed by atoms with van der Waals surface area (Å²) in [4.78, 5) is 25.6. The lowest BCUT2D eigenvalue weighted by Gasteiger charge is -2.18. The number of esters is 2. The van der Waals surface area contributed by atoms with Gasteiger partial charge in [0.1, 0.15) is 6.61 Å². The Morgan fingerprint density at radius 2 is 0.568 bits per heavy atom. The second-order valence-corrected chi connectivity index (χ2v) is 21.3. The smallest absolute Gasteiger partial charge is 0.306 e. The maximum Gasteiger partial charge on any atom is 0.306 e. The quantitative estimate of drug-likeness (QED) is 0.0345. The molecule has 5 nitrogen and oxygen atoms in total. The van der Waals surface area contributed by atoms with Crippen LogP contribution in [-0.4, -0.2) is 37.9 Å². The van der Waals surface area contributed by atoms with Gasteiger partial charge in [0.05, 0.1) is 6.61 Å². The molecular formula is C69H122O5. The highest BCUT2D eigenvalue weighted by Crippen LogP contribution is 2.16. The van der Waals surface area contributed by atoms with Crippen molar-refractivity contribution >= 4 is 11.9 Å². The van der Waals surface area contributed by atoms with Crippen LogP contribution in [0.1, 0.15) is 316 Å². The molecule has 1 atom stereocenters. The fourth-order valence-electron chi connectivity index (χ4n) is 9.05. The highest BCUT2D eigenvalue weighted by Gasteiger charge is 2.17. The van der Waals surface area contributed by atoms with Crippen LogP contribution in [0.3, 0.4) is 0 Å². The lowest BCUT2D eigenvalue weighted by molar-refractivity contribution is -0.163. The molecule has 0 spiro atoms. The SMILES string of the molecule is CCCCC/C=C\C/C=C\C/C=C\CCCCCCCCC(=O)OCC(COCCCCCCCCCCCC/C=C\C/C=C\CCCCC)OC(=O)CCCCCCCCCCC/C=C\C/C=C\CCCCC. The average molecular weight is 1030 g/mol. The third kappa shape index (κ3) is 61.6. The molecule has 428 valence electrons. The lowest BCUT2D eigenvalue weighted by atomic mass is 10.1. The minimum absolute atomic E-state index is 0.0738. The summed E-state index contributed by atoms with van der Waals surface area (Å²) in [6, 6.07) is 0. The number of rotatable bonds is 59. The third-order valence-electron chi connectivity index (χ3n) is 13.9. The zero-order chi connectivity index (χ0) is 53.4. The van der Waals surface area contributed by atoms with Gasteiger partial charge in [-0.15, -0.1) is 0 Å². The van der Waals surface area contributed by atoms with Crippen LogP contribution in [0.4, 0.5) is 0 Å². The molecule has 0 aliphatic rings. The van der Waals surface area contributed by atoms with Crippen molar-refractivity contribution in [3.05, 3.63) is 85.1 Å². The molecule has 0 aromatic heterocycles. The predicted molar refractivity (Wildman–Crippen MR) is 325 cm³/mol. The summed E-state index contributed by atoms with van der Waals surface area (Å²) in [7, 11) is 0. The number of allylic oxidation sites excluding steroid dienone is 14. The maximum absolute atomic E-state index is 12.9. The standard InChI is InChI=1S/C69H122O5/c1-4-7-10-13-16-19-22-25-28-31-34-37-40-43-46-49-52-55-58-61-64-72-65-67(74-69(71)63-60-57-54-51-48-45-42-39-36-33-30-27-24-21-18-15-12-9-6-3)66-73-68(70)62-59-56-53-50-47-44-41-38-35-32-29-26-23-20-17-14-11-8-5-2/h16-21,25-30,35,38,67H,4-15,22-24,31-34,36-37,39-66H2,1-3H3/b19-16-,20-17-,21-18-,28-25-,29-26-,30-27-,38-35-. The Morgan fingerprint density at radius 1 is 0.297 bits per heavy atom. The van der Waals surface area contributed by atoms with E-state index in [0.29, 0.717) is 19.4 Å². The summed E-state index contributed by atoms with van der Waals surface area (Å²) in [6.07, 6.45) is 86.1. The van der Waals surface area contributed by atoms with Gasteiger partial charge >= 0.3 is 11.9 Å². The number of unbranched alkanes of at least 4 members (excludes halogenated alkanes) is 34. The molecule has 0 bridgehead atoms. The molecule has 0 aromatic carbocycles. The van der Waals surface area contributed by atoms with Gasteiger partial charge in [0.2, 0.25) is 0 Å². The molecule has 0 aliphatic carbocycles. The van der Waals surface area contributed by atoms with Crippen LogP contribution in [0.2, 0.25) is 0 Å². The van der Waals surface area contributed by atoms with Crippen molar-refractivity contribution in [3.8, 4) is 0 Å². The minimum atomic E-state index is -0.551. The van der Waals surface area contributed by atoms with E-state index in [1.807, 2.05) is 0 Å². The largest absolute Gasteiger partial charge is 0.462 e. The first-order valence-corrected chi connectivity index (χ1v) is 32.1. The Bertz CT molecular complexity index is 1350. The molecule has 0 saturated carbocycles. The lowest BCUT2D eigenvalue weighted by Crippen LogP contribution is -2.30. The first kappa shape index (κ1) is 71.1. The van der Waals surface area contributed by atoms with Gasteiger partial charge in [-0.2, -0.15) is 0 Å². The van der Waals surface area contributed by atoms with Gasteiger partial charge in [0.15, 0.2) is 6.10 Å². The Kier molecular flexibility index (Phi) is 61.8. The van der Waals surface area contributed by atoms with Gasteiger partial charge in [-0.05, 0) is 122 Å². The zero-order valence-corrected chi connectivity index (χ0v) is 49.3. The summed E-state index contributed by atoms with van der Waals surface area (Å²) in [5, 5.41) is 0. The van der Waals surface area contributed by atoms with Crippen LogP contribution < -0.4 is 0 Å². The van der Waals surface area contributed by atoms with Crippen molar-refractivity contribution in [3.63, 3.8) is 0 Å². The van der Waals surface area contributed by atoms with E-state index in [1.54, 1.807) is 0 Å². The fraction of sp³-hybridized carbons (Fsp3) is 0.768. The Labute approximate surface area is 460 Å². The molecule has 0 fully saturated rings. The zero-order valence-electron chi connectivity index (χ0n) is 49.3. The van der Waals surface area contributed by atoms with Crippen molar-refractivity contribution in [1.82, 2.24) is 0 Å². The summed E-state index contributed by atoms with van der Waals surface area (Å²) in [6.45, 7) is 7.77. The van der Waals surface area contributed by atoms with Gasteiger partial charge in [-0.25, -0.2) is 0 Å². The highest BCUT2D eigenvalue weighted by molar-refractivity contribution is 5.70. The third-order valence-corrected chi connectivity index (χ3v) is 13.9. The van der Waals surface area contributed by atoms with Crippen LogP contribution in [0.25, 0.3) is 0 Å². The first-order valence-electron chi connectivity index (χ1n) is 32.1. The van der Waals surface area contributed by atoms with Crippen LogP contribution in [0.5, 0.6) is 0 Å². The summed E-state index contributed by atoms with van der Waals surface area (Å²) < 4.78 is 17.6. The van der Waals surface area contributed by atoms with Crippen molar-refractivity contribution in [2.75, 3.05) is 19.8 Å². The molecule has 5 heteroatoms. The van der Waals surface area contributed by atoms with Crippen molar-refractivity contribution < 1.29 is 23.8 Å². The van der Waals surface area contributed by atoms with Gasteiger partial charge < -0.3 is 14.2 Å². The van der Waals surface area contributed by atoms with Gasteiger partial charge in [0, 0.05) is 19.4 Å². The van der Waals surface area contributed by atoms with E-state index >= 15 is 0 Å². The molecule has 0 amide bonds. The predicted octanol–water partition coefficient (Wildman–Crippen LogP) is 22.4. The molecule has 74 heavy (non-hydrogen) atoms. The Morgan fingerprint density at radius 3 is 0.905 bits per heavy atom. The van der Waals surface area contributed by atoms with E-state index in [1.165, 1.54) is 199 Å². The number of carbonyl (C=O) groups is 2. The minimum Gasteiger partial charge on any atom is -0.462 e. The fourth-order valence-corrected chi connectivity index (χ4v) is 9.05. The number of ether oxygens (including phenoxy) is 3. The monoisotopic (exact) mass is 1030 g/mol. The van der Waals surface area contributed by atoms with E-state index in [2.05, 4.69) is 106 Å². The first-order chi connectivity index (χ1) is 36.6. The topological polar surface area (TPSA) is 61.8 Å². The second kappa shape index (κ2) is 64.4. The van der Waals surface area contributed by atoms with E-state index in [4.69, 9.17) is 14.2 Å². The van der Waals surface area contributed by atoms with E-state index < -0.39 is 6.10 Å². The summed E-state index contributed by atoms with van der Waals surface area (Å²) in [5.41, 5.74) is 0.